The number of hydrogen-bond acceptors (Lipinski definition) is 2. The molecule has 0 aromatic heterocycles. The fourth-order valence-electron chi connectivity index (χ4n) is 1.86. The highest BCUT2D eigenvalue weighted by Gasteiger charge is 2.05. The molecule has 0 aliphatic heterocycles. The Morgan fingerprint density at radius 1 is 1.16 bits per heavy atom. The quantitative estimate of drug-likeness (QED) is 0.889. The second-order valence-corrected chi connectivity index (χ2v) is 4.15. The van der Waals surface area contributed by atoms with Gasteiger partial charge in [0.1, 0.15) is 18.2 Å². The average molecular weight is 257 g/mol. The minimum atomic E-state index is -0.277. The molecule has 0 unspecified atom stereocenters. The Morgan fingerprint density at radius 2 is 1.95 bits per heavy atom. The number of ether oxygens (including phenoxy) is 1. The molecule has 0 amide bonds. The Morgan fingerprint density at radius 3 is 2.68 bits per heavy atom. The van der Waals surface area contributed by atoms with Crippen LogP contribution in [0, 0.1) is 5.82 Å². The van der Waals surface area contributed by atoms with Gasteiger partial charge in [-0.1, -0.05) is 36.9 Å². The molecule has 0 bridgehead atoms. The zero-order valence-electron chi connectivity index (χ0n) is 10.6. The molecule has 0 aliphatic rings. The maximum absolute atomic E-state index is 13.1. The van der Waals surface area contributed by atoms with Crippen LogP contribution in [0.3, 0.4) is 0 Å². The van der Waals surface area contributed by atoms with E-state index in [1.54, 1.807) is 12.1 Å². The molecule has 0 spiro atoms. The van der Waals surface area contributed by atoms with Gasteiger partial charge in [-0.2, -0.15) is 0 Å². The van der Waals surface area contributed by atoms with E-state index in [1.807, 2.05) is 24.3 Å². The van der Waals surface area contributed by atoms with Crippen LogP contribution in [-0.4, -0.2) is 0 Å². The Labute approximate surface area is 112 Å². The van der Waals surface area contributed by atoms with Crippen molar-refractivity contribution >= 4 is 6.08 Å². The first kappa shape index (κ1) is 13.3. The fourth-order valence-corrected chi connectivity index (χ4v) is 1.86. The lowest BCUT2D eigenvalue weighted by Gasteiger charge is -2.12. The number of nitrogens with two attached hydrogens (primary N) is 1. The minimum absolute atomic E-state index is 0.277. The molecule has 19 heavy (non-hydrogen) atoms. The van der Waals surface area contributed by atoms with Crippen molar-refractivity contribution in [1.29, 1.82) is 0 Å². The van der Waals surface area contributed by atoms with Crippen molar-refractivity contribution in [2.24, 2.45) is 5.73 Å². The van der Waals surface area contributed by atoms with Gasteiger partial charge in [-0.05, 0) is 29.3 Å². The van der Waals surface area contributed by atoms with E-state index in [9.17, 15) is 4.39 Å². The zero-order valence-corrected chi connectivity index (χ0v) is 10.6. The van der Waals surface area contributed by atoms with Crippen molar-refractivity contribution in [1.82, 2.24) is 0 Å². The van der Waals surface area contributed by atoms with Crippen molar-refractivity contribution in [3.8, 4) is 5.75 Å². The zero-order chi connectivity index (χ0) is 13.7. The third-order valence-electron chi connectivity index (χ3n) is 2.90. The van der Waals surface area contributed by atoms with Gasteiger partial charge in [0.15, 0.2) is 0 Å². The third kappa shape index (κ3) is 3.20. The van der Waals surface area contributed by atoms with Crippen LogP contribution >= 0.6 is 0 Å². The van der Waals surface area contributed by atoms with E-state index in [1.165, 1.54) is 12.1 Å². The van der Waals surface area contributed by atoms with Crippen molar-refractivity contribution in [2.45, 2.75) is 13.2 Å². The molecule has 0 saturated heterocycles. The summed E-state index contributed by atoms with van der Waals surface area (Å²) < 4.78 is 18.9. The van der Waals surface area contributed by atoms with Crippen LogP contribution in [0.1, 0.15) is 16.7 Å². The standard InChI is InChI=1S/C16H16FNO/c1-2-12-9-15(17)8-7-14(12)11-19-16-6-4-3-5-13(16)10-18/h2-9H,1,10-11,18H2. The predicted octanol–water partition coefficient (Wildman–Crippen LogP) is 3.51. The highest BCUT2D eigenvalue weighted by molar-refractivity contribution is 5.52. The molecule has 3 heteroatoms. The van der Waals surface area contributed by atoms with Gasteiger partial charge in [-0.25, -0.2) is 4.39 Å². The first-order valence-corrected chi connectivity index (χ1v) is 6.06. The molecule has 0 saturated carbocycles. The van der Waals surface area contributed by atoms with Crippen molar-refractivity contribution in [3.63, 3.8) is 0 Å². The van der Waals surface area contributed by atoms with Gasteiger partial charge in [0.25, 0.3) is 0 Å². The highest BCUT2D eigenvalue weighted by Crippen LogP contribution is 2.20. The van der Waals surface area contributed by atoms with Gasteiger partial charge in [-0.15, -0.1) is 0 Å². The van der Waals surface area contributed by atoms with Crippen molar-refractivity contribution < 1.29 is 9.13 Å². The van der Waals surface area contributed by atoms with Gasteiger partial charge in [0.2, 0.25) is 0 Å². The molecule has 2 aromatic carbocycles. The van der Waals surface area contributed by atoms with E-state index >= 15 is 0 Å². The number of hydrogen-bond donors (Lipinski definition) is 1. The fraction of sp³-hybridized carbons (Fsp3) is 0.125. The summed E-state index contributed by atoms with van der Waals surface area (Å²) in [5, 5.41) is 0. The van der Waals surface area contributed by atoms with Crippen LogP contribution in [0.25, 0.3) is 6.08 Å². The summed E-state index contributed by atoms with van der Waals surface area (Å²) in [6.45, 7) is 4.46. The molecule has 2 aromatic rings. The molecule has 0 heterocycles. The van der Waals surface area contributed by atoms with Gasteiger partial charge in [0, 0.05) is 12.1 Å². The molecule has 0 atom stereocenters. The lowest BCUT2D eigenvalue weighted by atomic mass is 10.1. The van der Waals surface area contributed by atoms with Crippen LogP contribution in [0.4, 0.5) is 4.39 Å². The molecular formula is C16H16FNO. The molecule has 0 radical (unpaired) electrons. The third-order valence-corrected chi connectivity index (χ3v) is 2.90. The molecule has 2 N–H and O–H groups in total. The highest BCUT2D eigenvalue weighted by atomic mass is 19.1. The van der Waals surface area contributed by atoms with Crippen LogP contribution in [0.5, 0.6) is 5.75 Å². The molecular weight excluding hydrogens is 241 g/mol. The minimum Gasteiger partial charge on any atom is -0.489 e. The Kier molecular flexibility index (Phi) is 4.31. The van der Waals surface area contributed by atoms with E-state index < -0.39 is 0 Å². The van der Waals surface area contributed by atoms with Gasteiger partial charge < -0.3 is 10.5 Å². The summed E-state index contributed by atoms with van der Waals surface area (Å²) in [6, 6.07) is 12.2. The van der Waals surface area contributed by atoms with Gasteiger partial charge >= 0.3 is 0 Å². The van der Waals surface area contributed by atoms with Crippen molar-refractivity contribution in [3.05, 3.63) is 71.6 Å². The Bertz CT molecular complexity index is 581. The lowest BCUT2D eigenvalue weighted by Crippen LogP contribution is -2.03. The Hall–Kier alpha value is -2.13. The van der Waals surface area contributed by atoms with Crippen LogP contribution in [0.2, 0.25) is 0 Å². The number of benzene rings is 2. The maximum atomic E-state index is 13.1. The summed E-state index contributed by atoms with van der Waals surface area (Å²) in [7, 11) is 0. The molecule has 0 fully saturated rings. The maximum Gasteiger partial charge on any atom is 0.124 e. The topological polar surface area (TPSA) is 35.2 Å². The summed E-state index contributed by atoms with van der Waals surface area (Å²) in [5.41, 5.74) is 8.23. The second kappa shape index (κ2) is 6.16. The normalized spacial score (nSPS) is 10.2. The Balaban J connectivity index is 2.16. The summed E-state index contributed by atoms with van der Waals surface area (Å²) in [6.07, 6.45) is 1.62. The molecule has 0 aliphatic carbocycles. The van der Waals surface area contributed by atoms with E-state index in [-0.39, 0.29) is 5.82 Å². The van der Waals surface area contributed by atoms with E-state index in [4.69, 9.17) is 10.5 Å². The summed E-state index contributed by atoms with van der Waals surface area (Å²) in [4.78, 5) is 0. The average Bonchev–Trinajstić information content (AvgIpc) is 2.46. The SMILES string of the molecule is C=Cc1cc(F)ccc1COc1ccccc1CN. The van der Waals surface area contributed by atoms with Gasteiger partial charge in [-0.3, -0.25) is 0 Å². The van der Waals surface area contributed by atoms with E-state index in [0.29, 0.717) is 13.2 Å². The second-order valence-electron chi connectivity index (χ2n) is 4.15. The molecule has 2 rings (SSSR count). The van der Waals surface area contributed by atoms with Crippen LogP contribution in [0.15, 0.2) is 49.0 Å². The number of halogens is 1. The monoisotopic (exact) mass is 257 g/mol. The van der Waals surface area contributed by atoms with Crippen molar-refractivity contribution in [2.75, 3.05) is 0 Å². The number of para-hydroxylation sites is 1. The number of rotatable bonds is 5. The van der Waals surface area contributed by atoms with E-state index in [0.717, 1.165) is 22.4 Å². The van der Waals surface area contributed by atoms with Crippen LogP contribution < -0.4 is 10.5 Å². The first-order chi connectivity index (χ1) is 9.24. The molecule has 2 nitrogen and oxygen atoms in total. The van der Waals surface area contributed by atoms with Crippen LogP contribution in [-0.2, 0) is 13.2 Å². The molecule has 98 valence electrons. The summed E-state index contributed by atoms with van der Waals surface area (Å²) >= 11 is 0. The lowest BCUT2D eigenvalue weighted by molar-refractivity contribution is 0.302. The predicted molar refractivity (Wildman–Crippen MR) is 75.2 cm³/mol. The first-order valence-electron chi connectivity index (χ1n) is 6.06. The van der Waals surface area contributed by atoms with Gasteiger partial charge in [0.05, 0.1) is 0 Å². The smallest absolute Gasteiger partial charge is 0.124 e. The largest absolute Gasteiger partial charge is 0.489 e. The summed E-state index contributed by atoms with van der Waals surface area (Å²) in [5.74, 6) is 0.477. The van der Waals surface area contributed by atoms with E-state index in [2.05, 4.69) is 6.58 Å².